The summed E-state index contributed by atoms with van der Waals surface area (Å²) >= 11 is 0. The monoisotopic (exact) mass is 360 g/mol. The maximum absolute atomic E-state index is 5.89. The van der Waals surface area contributed by atoms with E-state index in [1.807, 2.05) is 41.9 Å². The highest BCUT2D eigenvalue weighted by Crippen LogP contribution is 2.37. The van der Waals surface area contributed by atoms with Crippen molar-refractivity contribution in [2.75, 3.05) is 12.5 Å². The normalized spacial score (nSPS) is 14.4. The lowest BCUT2D eigenvalue weighted by atomic mass is 9.95. The van der Waals surface area contributed by atoms with Gasteiger partial charge in [-0.2, -0.15) is 5.10 Å². The summed E-state index contributed by atoms with van der Waals surface area (Å²) in [6.07, 6.45) is 1.56. The lowest BCUT2D eigenvalue weighted by Gasteiger charge is -2.11. The van der Waals surface area contributed by atoms with E-state index in [9.17, 15) is 0 Å². The fourth-order valence-electron chi connectivity index (χ4n) is 3.78. The first-order chi connectivity index (χ1) is 13.1. The van der Waals surface area contributed by atoms with Crippen LogP contribution in [0.2, 0.25) is 0 Å². The Morgan fingerprint density at radius 2 is 1.85 bits per heavy atom. The van der Waals surface area contributed by atoms with E-state index in [1.54, 1.807) is 0 Å². The molecule has 0 saturated heterocycles. The van der Waals surface area contributed by atoms with E-state index in [2.05, 4.69) is 13.0 Å². The van der Waals surface area contributed by atoms with E-state index in [1.165, 1.54) is 0 Å². The maximum Gasteiger partial charge on any atom is 0.231 e. The SMILES string of the molecule is CCc1c(C)nc2n1N=C(c1ccc(N)cc1)c1cc3c(cc1C2)OCO3. The molecule has 2 aliphatic heterocycles. The van der Waals surface area contributed by atoms with Crippen molar-refractivity contribution in [3.05, 3.63) is 70.3 Å². The van der Waals surface area contributed by atoms with E-state index in [0.717, 1.165) is 63.2 Å². The Kier molecular flexibility index (Phi) is 3.47. The van der Waals surface area contributed by atoms with Crippen molar-refractivity contribution in [1.29, 1.82) is 0 Å². The van der Waals surface area contributed by atoms with Gasteiger partial charge in [0, 0.05) is 23.2 Å². The van der Waals surface area contributed by atoms with Crippen molar-refractivity contribution in [3.8, 4) is 11.5 Å². The molecule has 2 aliphatic rings. The van der Waals surface area contributed by atoms with Crippen LogP contribution in [0.1, 0.15) is 40.8 Å². The fourth-order valence-corrected chi connectivity index (χ4v) is 3.78. The highest BCUT2D eigenvalue weighted by atomic mass is 16.7. The van der Waals surface area contributed by atoms with Crippen LogP contribution in [0.15, 0.2) is 41.5 Å². The van der Waals surface area contributed by atoms with Crippen LogP contribution in [-0.4, -0.2) is 22.2 Å². The van der Waals surface area contributed by atoms with Crippen LogP contribution in [0.5, 0.6) is 11.5 Å². The molecule has 3 heterocycles. The number of nitrogens with zero attached hydrogens (tertiary/aromatic N) is 3. The molecular weight excluding hydrogens is 340 g/mol. The van der Waals surface area contributed by atoms with Gasteiger partial charge in [0.1, 0.15) is 5.82 Å². The van der Waals surface area contributed by atoms with Gasteiger partial charge in [0.15, 0.2) is 11.5 Å². The molecule has 0 unspecified atom stereocenters. The first kappa shape index (κ1) is 15.9. The zero-order chi connectivity index (χ0) is 18.5. The van der Waals surface area contributed by atoms with Crippen LogP contribution >= 0.6 is 0 Å². The summed E-state index contributed by atoms with van der Waals surface area (Å²) in [5.74, 6) is 2.47. The van der Waals surface area contributed by atoms with Gasteiger partial charge in [-0.1, -0.05) is 19.1 Å². The minimum absolute atomic E-state index is 0.250. The number of aryl methyl sites for hydroxylation is 1. The number of nitrogen functional groups attached to an aromatic ring is 1. The Bertz CT molecular complexity index is 1080. The Morgan fingerprint density at radius 1 is 1.11 bits per heavy atom. The van der Waals surface area contributed by atoms with Crippen molar-refractivity contribution < 1.29 is 9.47 Å². The lowest BCUT2D eigenvalue weighted by Crippen LogP contribution is -2.08. The number of hydrogen-bond donors (Lipinski definition) is 1. The summed E-state index contributed by atoms with van der Waals surface area (Å²) in [5, 5.41) is 5.03. The van der Waals surface area contributed by atoms with Crippen molar-refractivity contribution in [2.45, 2.75) is 26.7 Å². The minimum atomic E-state index is 0.250. The second-order valence-corrected chi connectivity index (χ2v) is 6.84. The van der Waals surface area contributed by atoms with Gasteiger partial charge in [-0.3, -0.25) is 0 Å². The van der Waals surface area contributed by atoms with Gasteiger partial charge in [-0.05, 0) is 43.2 Å². The van der Waals surface area contributed by atoms with Crippen molar-refractivity contribution in [1.82, 2.24) is 9.66 Å². The Labute approximate surface area is 157 Å². The third-order valence-corrected chi connectivity index (χ3v) is 5.14. The molecule has 6 nitrogen and oxygen atoms in total. The Morgan fingerprint density at radius 3 is 2.59 bits per heavy atom. The van der Waals surface area contributed by atoms with Crippen molar-refractivity contribution in [3.63, 3.8) is 0 Å². The molecule has 136 valence electrons. The Hall–Kier alpha value is -3.28. The van der Waals surface area contributed by atoms with Crippen LogP contribution in [0, 0.1) is 6.92 Å². The summed E-state index contributed by atoms with van der Waals surface area (Å²) in [6.45, 7) is 4.42. The van der Waals surface area contributed by atoms with Crippen LogP contribution < -0.4 is 15.2 Å². The van der Waals surface area contributed by atoms with E-state index < -0.39 is 0 Å². The zero-order valence-corrected chi connectivity index (χ0v) is 15.3. The van der Waals surface area contributed by atoms with Gasteiger partial charge in [-0.15, -0.1) is 0 Å². The second-order valence-electron chi connectivity index (χ2n) is 6.84. The molecule has 0 aliphatic carbocycles. The van der Waals surface area contributed by atoms with E-state index in [0.29, 0.717) is 6.42 Å². The number of anilines is 1. The average molecular weight is 360 g/mol. The third-order valence-electron chi connectivity index (χ3n) is 5.14. The molecule has 0 amide bonds. The number of ether oxygens (including phenoxy) is 2. The van der Waals surface area contributed by atoms with E-state index in [4.69, 9.17) is 25.3 Å². The number of aromatic nitrogens is 2. The average Bonchev–Trinajstić information content (AvgIpc) is 3.19. The standard InChI is InChI=1S/C21H20N4O2/c1-3-17-12(2)23-20-9-14-8-18-19(27-11-26-18)10-16(14)21(24-25(17)20)13-4-6-15(22)7-5-13/h4-8,10H,3,9,11,22H2,1-2H3. The number of rotatable bonds is 2. The summed E-state index contributed by atoms with van der Waals surface area (Å²) in [7, 11) is 0. The highest BCUT2D eigenvalue weighted by molar-refractivity contribution is 6.14. The quantitative estimate of drug-likeness (QED) is 0.557. The first-order valence-corrected chi connectivity index (χ1v) is 9.09. The number of hydrogen-bond acceptors (Lipinski definition) is 5. The molecule has 0 atom stereocenters. The summed E-state index contributed by atoms with van der Waals surface area (Å²) in [5.41, 5.74) is 12.8. The molecule has 27 heavy (non-hydrogen) atoms. The van der Waals surface area contributed by atoms with Crippen molar-refractivity contribution in [2.24, 2.45) is 5.10 Å². The minimum Gasteiger partial charge on any atom is -0.454 e. The molecule has 0 fully saturated rings. The molecule has 0 bridgehead atoms. The molecule has 0 radical (unpaired) electrons. The van der Waals surface area contributed by atoms with Crippen molar-refractivity contribution >= 4 is 11.4 Å². The molecule has 2 N–H and O–H groups in total. The predicted octanol–water partition coefficient (Wildman–Crippen LogP) is 3.27. The highest BCUT2D eigenvalue weighted by Gasteiger charge is 2.26. The summed E-state index contributed by atoms with van der Waals surface area (Å²) < 4.78 is 13.2. The third kappa shape index (κ3) is 2.48. The fraction of sp³-hybridized carbons (Fsp3) is 0.238. The topological polar surface area (TPSA) is 74.7 Å². The second kappa shape index (κ2) is 5.87. The van der Waals surface area contributed by atoms with Gasteiger partial charge in [0.2, 0.25) is 6.79 Å². The van der Waals surface area contributed by atoms with Crippen LogP contribution in [-0.2, 0) is 12.8 Å². The number of imidazole rings is 1. The summed E-state index contributed by atoms with van der Waals surface area (Å²) in [4.78, 5) is 4.78. The molecule has 2 aromatic carbocycles. The van der Waals surface area contributed by atoms with Gasteiger partial charge >= 0.3 is 0 Å². The van der Waals surface area contributed by atoms with Crippen LogP contribution in [0.3, 0.4) is 0 Å². The maximum atomic E-state index is 5.89. The van der Waals surface area contributed by atoms with Gasteiger partial charge in [0.05, 0.1) is 17.1 Å². The smallest absolute Gasteiger partial charge is 0.231 e. The number of nitrogens with two attached hydrogens (primary N) is 1. The zero-order valence-electron chi connectivity index (χ0n) is 15.3. The van der Waals surface area contributed by atoms with Crippen LogP contribution in [0.4, 0.5) is 5.69 Å². The molecule has 5 rings (SSSR count). The molecule has 6 heteroatoms. The largest absolute Gasteiger partial charge is 0.454 e. The summed E-state index contributed by atoms with van der Waals surface area (Å²) in [6, 6.07) is 11.9. The molecule has 0 spiro atoms. The van der Waals surface area contributed by atoms with Gasteiger partial charge in [0.25, 0.3) is 0 Å². The molecule has 3 aromatic rings. The molecule has 1 aromatic heterocycles. The lowest BCUT2D eigenvalue weighted by molar-refractivity contribution is 0.174. The van der Waals surface area contributed by atoms with Gasteiger partial charge in [-0.25, -0.2) is 9.66 Å². The first-order valence-electron chi connectivity index (χ1n) is 9.09. The number of fused-ring (bicyclic) bond motifs is 3. The number of benzene rings is 2. The Balaban J connectivity index is 1.79. The van der Waals surface area contributed by atoms with Crippen LogP contribution in [0.25, 0.3) is 0 Å². The van der Waals surface area contributed by atoms with E-state index in [-0.39, 0.29) is 6.79 Å². The van der Waals surface area contributed by atoms with Gasteiger partial charge < -0.3 is 15.2 Å². The molecule has 0 saturated carbocycles. The predicted molar refractivity (Wildman–Crippen MR) is 104 cm³/mol. The molecular formula is C21H20N4O2. The van der Waals surface area contributed by atoms with E-state index >= 15 is 0 Å².